The number of ether oxygens (including phenoxy) is 1. The highest BCUT2D eigenvalue weighted by Gasteiger charge is 2.14. The first kappa shape index (κ1) is 17.1. The molecule has 0 spiro atoms. The van der Waals surface area contributed by atoms with Gasteiger partial charge in [-0.25, -0.2) is 4.79 Å². The van der Waals surface area contributed by atoms with E-state index in [-0.39, 0.29) is 0 Å². The predicted octanol–water partition coefficient (Wildman–Crippen LogP) is 4.35. The molecule has 1 aromatic rings. The lowest BCUT2D eigenvalue weighted by molar-refractivity contribution is 0.0529. The minimum Gasteiger partial charge on any atom is -0.444 e. The zero-order chi connectivity index (χ0) is 15.7. The van der Waals surface area contributed by atoms with Crippen molar-refractivity contribution in [3.05, 3.63) is 35.9 Å². The fraction of sp³-hybridized carbons (Fsp3) is 0.375. The van der Waals surface area contributed by atoms with Crippen molar-refractivity contribution in [1.29, 1.82) is 0 Å². The predicted molar refractivity (Wildman–Crippen MR) is 89.0 cm³/mol. The van der Waals surface area contributed by atoms with E-state index in [1.165, 1.54) is 0 Å². The van der Waals surface area contributed by atoms with Crippen molar-refractivity contribution < 1.29 is 9.53 Å². The first-order valence-corrected chi connectivity index (χ1v) is 7.13. The highest BCUT2D eigenvalue weighted by Crippen LogP contribution is 2.13. The highest BCUT2D eigenvalue weighted by molar-refractivity contribution is 7.78. The Morgan fingerprint density at radius 1 is 1.38 bits per heavy atom. The van der Waals surface area contributed by atoms with Crippen LogP contribution in [-0.4, -0.2) is 23.4 Å². The lowest BCUT2D eigenvalue weighted by Crippen LogP contribution is -2.32. The number of amides is 1. The molecule has 0 bridgehead atoms. The molecule has 21 heavy (non-hydrogen) atoms. The van der Waals surface area contributed by atoms with Gasteiger partial charge in [-0.1, -0.05) is 24.3 Å². The van der Waals surface area contributed by atoms with Gasteiger partial charge in [-0.15, -0.1) is 0 Å². The van der Waals surface area contributed by atoms with Crippen LogP contribution in [0.4, 0.5) is 10.5 Å². The Balaban J connectivity index is 2.32. The van der Waals surface area contributed by atoms with Crippen LogP contribution in [-0.2, 0) is 4.74 Å². The van der Waals surface area contributed by atoms with E-state index in [2.05, 4.69) is 27.7 Å². The van der Waals surface area contributed by atoms with E-state index in [4.69, 9.17) is 4.74 Å². The summed E-state index contributed by atoms with van der Waals surface area (Å²) in [7, 11) is 0. The molecular weight excluding hydrogens is 284 g/mol. The molecule has 0 aliphatic heterocycles. The van der Waals surface area contributed by atoms with Crippen LogP contribution in [0.1, 0.15) is 32.8 Å². The summed E-state index contributed by atoms with van der Waals surface area (Å²) in [4.78, 5) is 15.3. The van der Waals surface area contributed by atoms with Crippen molar-refractivity contribution in [3.8, 4) is 0 Å². The summed E-state index contributed by atoms with van der Waals surface area (Å²) < 4.78 is 5.14. The molecule has 1 amide bonds. The third-order valence-electron chi connectivity index (χ3n) is 2.36. The molecule has 0 saturated heterocycles. The molecule has 1 N–H and O–H groups in total. The summed E-state index contributed by atoms with van der Waals surface area (Å²) in [6.45, 7) is 6.05. The minimum atomic E-state index is -0.466. The van der Waals surface area contributed by atoms with Crippen LogP contribution in [0.3, 0.4) is 0 Å². The fourth-order valence-electron chi connectivity index (χ4n) is 1.50. The molecule has 0 aromatic heterocycles. The number of hydrogen-bond donors (Lipinski definition) is 1. The molecule has 0 fully saturated rings. The largest absolute Gasteiger partial charge is 0.444 e. The average molecular weight is 304 g/mol. The second-order valence-electron chi connectivity index (χ2n) is 5.41. The number of carbonyl (C=O) groups excluding carboxylic acids is 1. The zero-order valence-electron chi connectivity index (χ0n) is 12.6. The Labute approximate surface area is 130 Å². The van der Waals surface area contributed by atoms with Crippen molar-refractivity contribution >= 4 is 35.2 Å². The summed E-state index contributed by atoms with van der Waals surface area (Å²) in [5.74, 6) is 0. The maximum atomic E-state index is 11.4. The van der Waals surface area contributed by atoms with Gasteiger partial charge in [-0.05, 0) is 57.1 Å². The van der Waals surface area contributed by atoms with Gasteiger partial charge in [0.1, 0.15) is 5.60 Å². The molecule has 0 unspecified atom stereocenters. The molecular formula is C16H20N2O2S. The number of carbonyl (C=O) groups is 1. The van der Waals surface area contributed by atoms with Gasteiger partial charge in [-0.3, -0.25) is 0 Å². The topological polar surface area (TPSA) is 50.7 Å². The van der Waals surface area contributed by atoms with Crippen LogP contribution in [0.2, 0.25) is 0 Å². The second-order valence-corrected chi connectivity index (χ2v) is 5.60. The van der Waals surface area contributed by atoms with E-state index in [0.717, 1.165) is 17.7 Å². The quantitative estimate of drug-likeness (QED) is 0.500. The van der Waals surface area contributed by atoms with Gasteiger partial charge in [0.15, 0.2) is 0 Å². The number of aliphatic imine (C=N–C) groups is 1. The number of nitrogens with zero attached hydrogens (tertiary/aromatic N) is 1. The smallest absolute Gasteiger partial charge is 0.407 e. The van der Waals surface area contributed by atoms with E-state index in [1.807, 2.05) is 57.2 Å². The highest BCUT2D eigenvalue weighted by atomic mass is 32.1. The van der Waals surface area contributed by atoms with Gasteiger partial charge in [0, 0.05) is 6.54 Å². The monoisotopic (exact) mass is 304 g/mol. The van der Waals surface area contributed by atoms with Crippen LogP contribution >= 0.6 is 12.2 Å². The molecule has 0 heterocycles. The van der Waals surface area contributed by atoms with E-state index in [9.17, 15) is 4.79 Å². The van der Waals surface area contributed by atoms with Crippen LogP contribution in [0, 0.1) is 0 Å². The van der Waals surface area contributed by atoms with Gasteiger partial charge < -0.3 is 10.1 Å². The van der Waals surface area contributed by atoms with Crippen LogP contribution in [0.25, 0.3) is 6.08 Å². The maximum Gasteiger partial charge on any atom is 0.407 e. The average Bonchev–Trinajstić information content (AvgIpc) is 2.38. The fourth-order valence-corrected chi connectivity index (χ4v) is 1.61. The standard InChI is InChI=1S/C16H20N2O2S/c1-16(2,3)20-15(19)17-11-5-4-6-13-7-9-14(10-8-13)18-12-21/h4,6-10H,5,11H2,1-3H3,(H,17,19). The van der Waals surface area contributed by atoms with Gasteiger partial charge in [0.2, 0.25) is 0 Å². The molecule has 0 saturated carbocycles. The number of nitrogens with one attached hydrogen (secondary N) is 1. The maximum absolute atomic E-state index is 11.4. The molecule has 4 nitrogen and oxygen atoms in total. The van der Waals surface area contributed by atoms with E-state index in [0.29, 0.717) is 6.54 Å². The molecule has 0 aliphatic rings. The van der Waals surface area contributed by atoms with Crippen molar-refractivity contribution in [2.75, 3.05) is 6.54 Å². The Kier molecular flexibility index (Phi) is 6.79. The summed E-state index contributed by atoms with van der Waals surface area (Å²) in [6, 6.07) is 7.64. The van der Waals surface area contributed by atoms with Crippen LogP contribution in [0.5, 0.6) is 0 Å². The van der Waals surface area contributed by atoms with Gasteiger partial charge >= 0.3 is 6.09 Å². The van der Waals surface area contributed by atoms with Gasteiger partial charge in [0.05, 0.1) is 10.8 Å². The molecule has 1 aromatic carbocycles. The van der Waals surface area contributed by atoms with Crippen molar-refractivity contribution in [2.45, 2.75) is 32.8 Å². The number of benzene rings is 1. The Morgan fingerprint density at radius 3 is 2.62 bits per heavy atom. The van der Waals surface area contributed by atoms with Crippen molar-refractivity contribution in [3.63, 3.8) is 0 Å². The van der Waals surface area contributed by atoms with Gasteiger partial charge in [-0.2, -0.15) is 4.99 Å². The minimum absolute atomic E-state index is 0.390. The normalized spacial score (nSPS) is 11.0. The number of thiocarbonyl (C=S) groups is 1. The Hall–Kier alpha value is -1.97. The number of rotatable bonds is 5. The lowest BCUT2D eigenvalue weighted by Gasteiger charge is -2.19. The Morgan fingerprint density at radius 2 is 2.05 bits per heavy atom. The van der Waals surface area contributed by atoms with E-state index >= 15 is 0 Å². The molecule has 5 heteroatoms. The number of hydrogen-bond acceptors (Lipinski definition) is 4. The first-order chi connectivity index (χ1) is 9.90. The van der Waals surface area contributed by atoms with E-state index in [1.54, 1.807) is 0 Å². The van der Waals surface area contributed by atoms with Crippen LogP contribution < -0.4 is 5.32 Å². The third kappa shape index (κ3) is 8.02. The second kappa shape index (κ2) is 8.35. The zero-order valence-corrected chi connectivity index (χ0v) is 13.4. The molecule has 0 radical (unpaired) electrons. The molecule has 1 rings (SSSR count). The number of isothiocyanates is 1. The summed E-state index contributed by atoms with van der Waals surface area (Å²) in [5.41, 5.74) is 1.39. The van der Waals surface area contributed by atoms with Gasteiger partial charge in [0.25, 0.3) is 0 Å². The molecule has 0 aliphatic carbocycles. The third-order valence-corrected chi connectivity index (χ3v) is 2.45. The number of alkyl carbamates (subject to hydrolysis) is 1. The SMILES string of the molecule is CC(C)(C)OC(=O)NCCC=Cc1ccc(N=C=S)cc1. The summed E-state index contributed by atoms with van der Waals surface area (Å²) >= 11 is 4.54. The summed E-state index contributed by atoms with van der Waals surface area (Å²) in [6.07, 6.45) is 4.33. The van der Waals surface area contributed by atoms with Crippen molar-refractivity contribution in [1.82, 2.24) is 5.32 Å². The van der Waals surface area contributed by atoms with Crippen molar-refractivity contribution in [2.24, 2.45) is 4.99 Å². The molecule has 0 atom stereocenters. The first-order valence-electron chi connectivity index (χ1n) is 6.72. The van der Waals surface area contributed by atoms with E-state index < -0.39 is 11.7 Å². The molecule has 112 valence electrons. The lowest BCUT2D eigenvalue weighted by atomic mass is 10.2. The summed E-state index contributed by atoms with van der Waals surface area (Å²) in [5, 5.41) is 5.03. The van der Waals surface area contributed by atoms with Crippen LogP contribution in [0.15, 0.2) is 35.3 Å². The Bertz CT molecular complexity index is 538.